The average Bonchev–Trinajstić information content (AvgIpc) is 2.54. The van der Waals surface area contributed by atoms with E-state index in [1.54, 1.807) is 0 Å². The molecule has 2 rings (SSSR count). The molecule has 0 radical (unpaired) electrons. The number of nitrogens with one attached hydrogen (secondary N) is 2. The van der Waals surface area contributed by atoms with Crippen LogP contribution in [-0.4, -0.2) is 18.5 Å². The minimum Gasteiger partial charge on any atom is -0.382 e. The molecule has 1 aliphatic heterocycles. The number of anilines is 1. The predicted octanol–water partition coefficient (Wildman–Crippen LogP) is 2.89. The van der Waals surface area contributed by atoms with E-state index in [0.717, 1.165) is 25.1 Å². The van der Waals surface area contributed by atoms with Crippen molar-refractivity contribution in [3.63, 3.8) is 0 Å². The fourth-order valence-corrected chi connectivity index (χ4v) is 2.30. The lowest BCUT2D eigenvalue weighted by molar-refractivity contribution is -0.120. The Kier molecular flexibility index (Phi) is 4.24. The fraction of sp³-hybridized carbons (Fsp3) is 0.533. The zero-order chi connectivity index (χ0) is 13.0. The Morgan fingerprint density at radius 3 is 2.67 bits per heavy atom. The van der Waals surface area contributed by atoms with Crippen molar-refractivity contribution in [1.29, 1.82) is 0 Å². The molecule has 3 heteroatoms. The number of amides is 1. The molecule has 1 atom stereocenters. The van der Waals surface area contributed by atoms with Crippen LogP contribution in [0.1, 0.15) is 44.6 Å². The maximum Gasteiger partial charge on any atom is 0.222 e. The van der Waals surface area contributed by atoms with E-state index in [9.17, 15) is 4.79 Å². The maximum atomic E-state index is 11.5. The number of carbonyl (C=O) groups excluding carboxylic acids is 1. The van der Waals surface area contributed by atoms with Crippen LogP contribution in [0.4, 0.5) is 5.69 Å². The first-order chi connectivity index (χ1) is 8.65. The molecule has 18 heavy (non-hydrogen) atoms. The van der Waals surface area contributed by atoms with Gasteiger partial charge in [-0.25, -0.2) is 0 Å². The Morgan fingerprint density at radius 1 is 1.28 bits per heavy atom. The molecule has 3 nitrogen and oxygen atoms in total. The van der Waals surface area contributed by atoms with E-state index in [0.29, 0.717) is 12.3 Å². The van der Waals surface area contributed by atoms with E-state index in [2.05, 4.69) is 48.7 Å². The van der Waals surface area contributed by atoms with Gasteiger partial charge in [-0.05, 0) is 36.5 Å². The van der Waals surface area contributed by atoms with Gasteiger partial charge in [-0.15, -0.1) is 0 Å². The molecule has 1 amide bonds. The van der Waals surface area contributed by atoms with Crippen LogP contribution < -0.4 is 10.6 Å². The lowest BCUT2D eigenvalue weighted by Crippen LogP contribution is -2.26. The van der Waals surface area contributed by atoms with Crippen molar-refractivity contribution in [3.8, 4) is 0 Å². The van der Waals surface area contributed by atoms with Gasteiger partial charge in [0.1, 0.15) is 0 Å². The topological polar surface area (TPSA) is 41.1 Å². The Labute approximate surface area is 109 Å². The standard InChI is InChI=1S/C15H22N2O/c1-11(2)12-5-7-13(8-6-12)17-14-4-3-9-16-15(18)10-14/h5-8,11,14,17H,3-4,9-10H2,1-2H3,(H,16,18). The van der Waals surface area contributed by atoms with Gasteiger partial charge in [0.15, 0.2) is 0 Å². The molecule has 1 unspecified atom stereocenters. The van der Waals surface area contributed by atoms with Crippen molar-refractivity contribution < 1.29 is 4.79 Å². The van der Waals surface area contributed by atoms with Gasteiger partial charge >= 0.3 is 0 Å². The molecule has 1 aromatic carbocycles. The zero-order valence-corrected chi connectivity index (χ0v) is 11.2. The maximum absolute atomic E-state index is 11.5. The highest BCUT2D eigenvalue weighted by Crippen LogP contribution is 2.19. The first-order valence-electron chi connectivity index (χ1n) is 6.78. The summed E-state index contributed by atoms with van der Waals surface area (Å²) in [7, 11) is 0. The van der Waals surface area contributed by atoms with Gasteiger partial charge in [0.2, 0.25) is 5.91 Å². The third-order valence-corrected chi connectivity index (χ3v) is 3.43. The third-order valence-electron chi connectivity index (χ3n) is 3.43. The number of carbonyl (C=O) groups is 1. The van der Waals surface area contributed by atoms with Gasteiger partial charge in [-0.3, -0.25) is 4.79 Å². The second-order valence-electron chi connectivity index (χ2n) is 5.31. The van der Waals surface area contributed by atoms with Crippen molar-refractivity contribution in [2.24, 2.45) is 0 Å². The van der Waals surface area contributed by atoms with Crippen molar-refractivity contribution >= 4 is 11.6 Å². The van der Waals surface area contributed by atoms with Crippen LogP contribution in [0.2, 0.25) is 0 Å². The third kappa shape index (κ3) is 3.49. The summed E-state index contributed by atoms with van der Waals surface area (Å²) < 4.78 is 0. The SMILES string of the molecule is CC(C)c1ccc(NC2CCCNC(=O)C2)cc1. The summed E-state index contributed by atoms with van der Waals surface area (Å²) in [6.07, 6.45) is 2.67. The number of benzene rings is 1. The summed E-state index contributed by atoms with van der Waals surface area (Å²) in [4.78, 5) is 11.5. The minimum atomic E-state index is 0.156. The van der Waals surface area contributed by atoms with Crippen molar-refractivity contribution in [2.45, 2.75) is 45.1 Å². The van der Waals surface area contributed by atoms with E-state index in [1.807, 2.05) is 0 Å². The van der Waals surface area contributed by atoms with E-state index in [1.165, 1.54) is 5.56 Å². The van der Waals surface area contributed by atoms with Crippen molar-refractivity contribution in [2.75, 3.05) is 11.9 Å². The molecule has 1 aromatic rings. The largest absolute Gasteiger partial charge is 0.382 e. The molecular weight excluding hydrogens is 224 g/mol. The summed E-state index contributed by atoms with van der Waals surface area (Å²) >= 11 is 0. The quantitative estimate of drug-likeness (QED) is 0.861. The van der Waals surface area contributed by atoms with E-state index in [-0.39, 0.29) is 11.9 Å². The zero-order valence-electron chi connectivity index (χ0n) is 11.2. The summed E-state index contributed by atoms with van der Waals surface area (Å²) in [5.74, 6) is 0.714. The molecule has 1 heterocycles. The Bertz CT molecular complexity index is 397. The van der Waals surface area contributed by atoms with Crippen LogP contribution in [0, 0.1) is 0 Å². The van der Waals surface area contributed by atoms with Gasteiger partial charge in [0.05, 0.1) is 0 Å². The van der Waals surface area contributed by atoms with Crippen LogP contribution in [0.5, 0.6) is 0 Å². The van der Waals surface area contributed by atoms with Crippen molar-refractivity contribution in [3.05, 3.63) is 29.8 Å². The van der Waals surface area contributed by atoms with Gasteiger partial charge in [0.25, 0.3) is 0 Å². The molecule has 0 aliphatic carbocycles. The van der Waals surface area contributed by atoms with Crippen molar-refractivity contribution in [1.82, 2.24) is 5.32 Å². The molecule has 0 spiro atoms. The smallest absolute Gasteiger partial charge is 0.222 e. The molecular formula is C15H22N2O. The lowest BCUT2D eigenvalue weighted by atomic mass is 10.0. The monoisotopic (exact) mass is 246 g/mol. The highest BCUT2D eigenvalue weighted by Gasteiger charge is 2.16. The molecule has 98 valence electrons. The summed E-state index contributed by atoms with van der Waals surface area (Å²) in [5.41, 5.74) is 2.46. The number of hydrogen-bond donors (Lipinski definition) is 2. The predicted molar refractivity (Wildman–Crippen MR) is 74.8 cm³/mol. The molecule has 2 N–H and O–H groups in total. The van der Waals surface area contributed by atoms with Gasteiger partial charge in [0, 0.05) is 24.7 Å². The summed E-state index contributed by atoms with van der Waals surface area (Å²) in [5, 5.41) is 6.36. The molecule has 0 saturated carbocycles. The van der Waals surface area contributed by atoms with Crippen LogP contribution in [0.25, 0.3) is 0 Å². The fourth-order valence-electron chi connectivity index (χ4n) is 2.30. The number of rotatable bonds is 3. The molecule has 0 aromatic heterocycles. The Morgan fingerprint density at radius 2 is 2.00 bits per heavy atom. The van der Waals surface area contributed by atoms with Crippen LogP contribution in [0.15, 0.2) is 24.3 Å². The second kappa shape index (κ2) is 5.89. The van der Waals surface area contributed by atoms with E-state index >= 15 is 0 Å². The average molecular weight is 246 g/mol. The van der Waals surface area contributed by atoms with Crippen LogP contribution in [0.3, 0.4) is 0 Å². The molecule has 1 saturated heterocycles. The lowest BCUT2D eigenvalue weighted by Gasteiger charge is -2.17. The van der Waals surface area contributed by atoms with Crippen LogP contribution in [-0.2, 0) is 4.79 Å². The van der Waals surface area contributed by atoms with Gasteiger partial charge in [-0.2, -0.15) is 0 Å². The highest BCUT2D eigenvalue weighted by atomic mass is 16.1. The normalized spacial score (nSPS) is 20.4. The second-order valence-corrected chi connectivity index (χ2v) is 5.31. The Balaban J connectivity index is 1.97. The minimum absolute atomic E-state index is 0.156. The first kappa shape index (κ1) is 12.9. The molecule has 1 fully saturated rings. The summed E-state index contributed by atoms with van der Waals surface area (Å²) in [6.45, 7) is 5.19. The molecule has 1 aliphatic rings. The van der Waals surface area contributed by atoms with Gasteiger partial charge in [-0.1, -0.05) is 26.0 Å². The van der Waals surface area contributed by atoms with E-state index < -0.39 is 0 Å². The molecule has 0 bridgehead atoms. The number of hydrogen-bond acceptors (Lipinski definition) is 2. The summed E-state index contributed by atoms with van der Waals surface area (Å²) in [6, 6.07) is 8.79. The van der Waals surface area contributed by atoms with Gasteiger partial charge < -0.3 is 10.6 Å². The van der Waals surface area contributed by atoms with Crippen LogP contribution >= 0.6 is 0 Å². The highest BCUT2D eigenvalue weighted by molar-refractivity contribution is 5.77. The Hall–Kier alpha value is -1.51. The first-order valence-corrected chi connectivity index (χ1v) is 6.78. The van der Waals surface area contributed by atoms with E-state index in [4.69, 9.17) is 0 Å².